The third kappa shape index (κ3) is 4.21. The number of carbonyl (C=O) groups excluding carboxylic acids is 1. The van der Waals surface area contributed by atoms with E-state index in [4.69, 9.17) is 4.74 Å². The van der Waals surface area contributed by atoms with E-state index < -0.39 is 0 Å². The molecule has 1 fully saturated rings. The second-order valence-electron chi connectivity index (χ2n) is 6.33. The van der Waals surface area contributed by atoms with Gasteiger partial charge in [-0.05, 0) is 64.3 Å². The summed E-state index contributed by atoms with van der Waals surface area (Å²) in [5.74, 6) is -0.0145. The normalized spacial score (nSPS) is 20.9. The maximum atomic E-state index is 11.8. The Morgan fingerprint density at radius 3 is 2.81 bits per heavy atom. The Morgan fingerprint density at radius 2 is 2.19 bits per heavy atom. The lowest BCUT2D eigenvalue weighted by atomic mass is 9.93. The molecule has 1 unspecified atom stereocenters. The maximum Gasteiger partial charge on any atom is 0.251 e. The van der Waals surface area contributed by atoms with Gasteiger partial charge in [-0.2, -0.15) is 0 Å². The van der Waals surface area contributed by atoms with E-state index in [-0.39, 0.29) is 11.5 Å². The van der Waals surface area contributed by atoms with Crippen LogP contribution in [-0.2, 0) is 4.74 Å². The molecule has 2 N–H and O–H groups in total. The van der Waals surface area contributed by atoms with Gasteiger partial charge in [0.1, 0.15) is 0 Å². The molecule has 1 saturated heterocycles. The highest BCUT2D eigenvalue weighted by Crippen LogP contribution is 2.27. The molecule has 1 aromatic carbocycles. The van der Waals surface area contributed by atoms with Crippen molar-refractivity contribution in [3.63, 3.8) is 0 Å². The van der Waals surface area contributed by atoms with Crippen LogP contribution in [0.2, 0.25) is 0 Å². The number of amides is 1. The first-order valence-electron chi connectivity index (χ1n) is 7.70. The first-order valence-corrected chi connectivity index (χ1v) is 7.70. The lowest BCUT2D eigenvalue weighted by molar-refractivity contribution is -0.0553. The Hall–Kier alpha value is -1.55. The minimum absolute atomic E-state index is 0.0145. The van der Waals surface area contributed by atoms with Crippen molar-refractivity contribution in [3.8, 4) is 0 Å². The van der Waals surface area contributed by atoms with E-state index in [9.17, 15) is 4.79 Å². The lowest BCUT2D eigenvalue weighted by Crippen LogP contribution is -2.40. The van der Waals surface area contributed by atoms with Crippen molar-refractivity contribution < 1.29 is 9.53 Å². The van der Waals surface area contributed by atoms with Gasteiger partial charge in [-0.1, -0.05) is 0 Å². The predicted molar refractivity (Wildman–Crippen MR) is 85.9 cm³/mol. The van der Waals surface area contributed by atoms with Gasteiger partial charge in [0.25, 0.3) is 5.91 Å². The molecule has 4 nitrogen and oxygen atoms in total. The minimum atomic E-state index is -0.0647. The van der Waals surface area contributed by atoms with Gasteiger partial charge in [0.15, 0.2) is 0 Å². The van der Waals surface area contributed by atoms with Crippen molar-refractivity contribution in [1.29, 1.82) is 0 Å². The van der Waals surface area contributed by atoms with Crippen molar-refractivity contribution in [1.82, 2.24) is 5.32 Å². The highest BCUT2D eigenvalue weighted by molar-refractivity contribution is 5.94. The molecule has 0 aliphatic carbocycles. The molecule has 0 aromatic heterocycles. The number of hydrogen-bond acceptors (Lipinski definition) is 3. The van der Waals surface area contributed by atoms with Crippen molar-refractivity contribution in [2.75, 3.05) is 18.5 Å². The second-order valence-corrected chi connectivity index (χ2v) is 6.33. The first kappa shape index (κ1) is 15.8. The highest BCUT2D eigenvalue weighted by atomic mass is 16.5. The highest BCUT2D eigenvalue weighted by Gasteiger charge is 2.28. The zero-order valence-corrected chi connectivity index (χ0v) is 13.5. The Labute approximate surface area is 127 Å². The average molecular weight is 290 g/mol. The molecule has 0 saturated carbocycles. The van der Waals surface area contributed by atoms with Gasteiger partial charge in [0, 0.05) is 30.4 Å². The molecule has 2 rings (SSSR count). The molecule has 0 bridgehead atoms. The number of aryl methyl sites for hydroxylation is 1. The summed E-state index contributed by atoms with van der Waals surface area (Å²) in [7, 11) is 0. The third-order valence-electron chi connectivity index (χ3n) is 3.88. The van der Waals surface area contributed by atoms with E-state index in [1.807, 2.05) is 32.0 Å². The zero-order valence-electron chi connectivity index (χ0n) is 13.5. The van der Waals surface area contributed by atoms with Gasteiger partial charge in [-0.15, -0.1) is 0 Å². The lowest BCUT2D eigenvalue weighted by Gasteiger charge is -2.36. The van der Waals surface area contributed by atoms with Crippen molar-refractivity contribution in [3.05, 3.63) is 29.3 Å². The van der Waals surface area contributed by atoms with Crippen molar-refractivity contribution in [2.45, 2.75) is 52.2 Å². The van der Waals surface area contributed by atoms with Gasteiger partial charge < -0.3 is 15.4 Å². The zero-order chi connectivity index (χ0) is 15.5. The summed E-state index contributed by atoms with van der Waals surface area (Å²) in [4.78, 5) is 11.8. The third-order valence-corrected chi connectivity index (χ3v) is 3.88. The van der Waals surface area contributed by atoms with Crippen LogP contribution in [0.3, 0.4) is 0 Å². The molecule has 21 heavy (non-hydrogen) atoms. The van der Waals surface area contributed by atoms with Gasteiger partial charge in [0.05, 0.1) is 5.60 Å². The smallest absolute Gasteiger partial charge is 0.251 e. The summed E-state index contributed by atoms with van der Waals surface area (Å²) in [5.41, 5.74) is 2.85. The van der Waals surface area contributed by atoms with Crippen LogP contribution in [0, 0.1) is 6.92 Å². The molecule has 0 spiro atoms. The van der Waals surface area contributed by atoms with Crippen LogP contribution in [0.4, 0.5) is 5.69 Å². The Morgan fingerprint density at radius 1 is 1.43 bits per heavy atom. The Kier molecular flexibility index (Phi) is 4.88. The van der Waals surface area contributed by atoms with Crippen molar-refractivity contribution >= 4 is 11.6 Å². The van der Waals surface area contributed by atoms with Crippen LogP contribution in [0.15, 0.2) is 18.2 Å². The van der Waals surface area contributed by atoms with Crippen LogP contribution in [-0.4, -0.2) is 30.7 Å². The van der Waals surface area contributed by atoms with Crippen LogP contribution < -0.4 is 10.6 Å². The molecular weight excluding hydrogens is 264 g/mol. The minimum Gasteiger partial charge on any atom is -0.382 e. The summed E-state index contributed by atoms with van der Waals surface area (Å²) in [6.45, 7) is 9.66. The van der Waals surface area contributed by atoms with Crippen LogP contribution in [0.25, 0.3) is 0 Å². The molecule has 1 aliphatic rings. The van der Waals surface area contributed by atoms with Crippen LogP contribution in [0.5, 0.6) is 0 Å². The first-order chi connectivity index (χ1) is 9.91. The summed E-state index contributed by atoms with van der Waals surface area (Å²) >= 11 is 0. The fraction of sp³-hybridized carbons (Fsp3) is 0.588. The number of hydrogen-bond donors (Lipinski definition) is 2. The molecule has 1 heterocycles. The number of ether oxygens (including phenoxy) is 1. The van der Waals surface area contributed by atoms with Gasteiger partial charge in [-0.3, -0.25) is 4.79 Å². The van der Waals surface area contributed by atoms with Crippen LogP contribution >= 0.6 is 0 Å². The molecule has 116 valence electrons. The fourth-order valence-electron chi connectivity index (χ4n) is 2.80. The van der Waals surface area contributed by atoms with E-state index in [2.05, 4.69) is 24.5 Å². The topological polar surface area (TPSA) is 50.4 Å². The summed E-state index contributed by atoms with van der Waals surface area (Å²) in [5, 5.41) is 6.42. The second kappa shape index (κ2) is 6.48. The number of rotatable bonds is 4. The van der Waals surface area contributed by atoms with E-state index in [0.29, 0.717) is 18.2 Å². The number of nitrogens with one attached hydrogen (secondary N) is 2. The SMILES string of the molecule is CCNC(=O)c1ccc(NC2CCOC(C)(C)C2)c(C)c1. The molecule has 1 atom stereocenters. The van der Waals surface area contributed by atoms with E-state index in [0.717, 1.165) is 30.7 Å². The van der Waals surface area contributed by atoms with Gasteiger partial charge >= 0.3 is 0 Å². The van der Waals surface area contributed by atoms with Gasteiger partial charge in [0.2, 0.25) is 0 Å². The predicted octanol–water partition coefficient (Wildman–Crippen LogP) is 3.11. The molecular formula is C17H26N2O2. The molecule has 1 aromatic rings. The largest absolute Gasteiger partial charge is 0.382 e. The van der Waals surface area contributed by atoms with E-state index in [1.165, 1.54) is 0 Å². The van der Waals surface area contributed by atoms with Crippen LogP contribution in [0.1, 0.15) is 49.5 Å². The molecule has 4 heteroatoms. The monoisotopic (exact) mass is 290 g/mol. The maximum absolute atomic E-state index is 11.8. The van der Waals surface area contributed by atoms with E-state index in [1.54, 1.807) is 0 Å². The van der Waals surface area contributed by atoms with Gasteiger partial charge in [-0.25, -0.2) is 0 Å². The quantitative estimate of drug-likeness (QED) is 0.896. The molecule has 1 aliphatic heterocycles. The Bertz CT molecular complexity index is 512. The summed E-state index contributed by atoms with van der Waals surface area (Å²) in [6, 6.07) is 6.24. The number of benzene rings is 1. The van der Waals surface area contributed by atoms with E-state index >= 15 is 0 Å². The summed E-state index contributed by atoms with van der Waals surface area (Å²) < 4.78 is 5.75. The standard InChI is InChI=1S/C17H26N2O2/c1-5-18-16(20)13-6-7-15(12(2)10-13)19-14-8-9-21-17(3,4)11-14/h6-7,10,14,19H,5,8-9,11H2,1-4H3,(H,18,20). The fourth-order valence-corrected chi connectivity index (χ4v) is 2.80. The van der Waals surface area contributed by atoms with Crippen molar-refractivity contribution in [2.24, 2.45) is 0 Å². The summed E-state index contributed by atoms with van der Waals surface area (Å²) in [6.07, 6.45) is 2.01. The number of carbonyl (C=O) groups is 1. The number of anilines is 1. The Balaban J connectivity index is 2.06. The molecule has 1 amide bonds. The molecule has 0 radical (unpaired) electrons. The average Bonchev–Trinajstić information content (AvgIpc) is 2.40.